The minimum atomic E-state index is -0.0793. The SMILES string of the molecule is CCc1occc1C(NN)c1ccc2nc(C)ccc2c1. The molecule has 0 saturated carbocycles. The number of nitrogens with two attached hydrogens (primary N) is 1. The maximum absolute atomic E-state index is 5.78. The van der Waals surface area contributed by atoms with Crippen LogP contribution in [0.3, 0.4) is 0 Å². The summed E-state index contributed by atoms with van der Waals surface area (Å²) in [5, 5.41) is 1.11. The second-order valence-electron chi connectivity index (χ2n) is 5.16. The van der Waals surface area contributed by atoms with E-state index in [1.807, 2.05) is 25.1 Å². The van der Waals surface area contributed by atoms with Crippen molar-refractivity contribution < 1.29 is 4.42 Å². The van der Waals surface area contributed by atoms with Gasteiger partial charge in [0.15, 0.2) is 0 Å². The van der Waals surface area contributed by atoms with Crippen LogP contribution in [0.15, 0.2) is 47.1 Å². The largest absolute Gasteiger partial charge is 0.469 e. The molecule has 4 heteroatoms. The van der Waals surface area contributed by atoms with E-state index in [9.17, 15) is 0 Å². The summed E-state index contributed by atoms with van der Waals surface area (Å²) in [5.74, 6) is 6.74. The van der Waals surface area contributed by atoms with Gasteiger partial charge >= 0.3 is 0 Å². The highest BCUT2D eigenvalue weighted by Crippen LogP contribution is 2.28. The summed E-state index contributed by atoms with van der Waals surface area (Å²) in [6, 6.07) is 12.2. The molecule has 0 bridgehead atoms. The molecular weight excluding hydrogens is 262 g/mol. The normalized spacial score (nSPS) is 12.7. The zero-order valence-corrected chi connectivity index (χ0v) is 12.3. The Morgan fingerprint density at radius 3 is 2.86 bits per heavy atom. The van der Waals surface area contributed by atoms with Crippen molar-refractivity contribution in [3.8, 4) is 0 Å². The number of nitrogens with zero attached hydrogens (tertiary/aromatic N) is 1. The minimum absolute atomic E-state index is 0.0793. The van der Waals surface area contributed by atoms with Crippen molar-refractivity contribution in [3.63, 3.8) is 0 Å². The lowest BCUT2D eigenvalue weighted by Gasteiger charge is -2.17. The van der Waals surface area contributed by atoms with E-state index in [1.165, 1.54) is 0 Å². The van der Waals surface area contributed by atoms with Gasteiger partial charge in [-0.15, -0.1) is 0 Å². The average Bonchev–Trinajstić information content (AvgIpc) is 2.96. The van der Waals surface area contributed by atoms with Gasteiger partial charge in [0.25, 0.3) is 0 Å². The van der Waals surface area contributed by atoms with Gasteiger partial charge in [0.05, 0.1) is 17.8 Å². The summed E-state index contributed by atoms with van der Waals surface area (Å²) in [7, 11) is 0. The lowest BCUT2D eigenvalue weighted by Crippen LogP contribution is -2.29. The molecule has 1 atom stereocenters. The molecule has 0 spiro atoms. The van der Waals surface area contributed by atoms with Crippen LogP contribution in [0.25, 0.3) is 10.9 Å². The molecule has 0 saturated heterocycles. The predicted molar refractivity (Wildman–Crippen MR) is 83.7 cm³/mol. The molecular formula is C17H19N3O. The Balaban J connectivity index is 2.07. The molecule has 0 aliphatic rings. The van der Waals surface area contributed by atoms with Crippen LogP contribution in [-0.2, 0) is 6.42 Å². The number of hydrogen-bond donors (Lipinski definition) is 2. The van der Waals surface area contributed by atoms with E-state index >= 15 is 0 Å². The number of benzene rings is 1. The Kier molecular flexibility index (Phi) is 3.73. The second-order valence-corrected chi connectivity index (χ2v) is 5.16. The molecule has 1 aromatic carbocycles. The highest BCUT2D eigenvalue weighted by molar-refractivity contribution is 5.79. The molecule has 0 fully saturated rings. The molecule has 0 amide bonds. The fourth-order valence-corrected chi connectivity index (χ4v) is 2.69. The van der Waals surface area contributed by atoms with Gasteiger partial charge < -0.3 is 4.42 Å². The molecule has 3 rings (SSSR count). The van der Waals surface area contributed by atoms with Gasteiger partial charge in [-0.05, 0) is 36.8 Å². The Bertz CT molecular complexity index is 764. The molecule has 0 aliphatic heterocycles. The topological polar surface area (TPSA) is 64.1 Å². The Morgan fingerprint density at radius 1 is 1.24 bits per heavy atom. The van der Waals surface area contributed by atoms with Gasteiger partial charge in [-0.3, -0.25) is 10.8 Å². The fraction of sp³-hybridized carbons (Fsp3) is 0.235. The van der Waals surface area contributed by atoms with E-state index in [-0.39, 0.29) is 6.04 Å². The molecule has 1 unspecified atom stereocenters. The van der Waals surface area contributed by atoms with E-state index in [2.05, 4.69) is 35.5 Å². The zero-order chi connectivity index (χ0) is 14.8. The highest BCUT2D eigenvalue weighted by Gasteiger charge is 2.18. The van der Waals surface area contributed by atoms with Crippen LogP contribution < -0.4 is 11.3 Å². The number of hydrogen-bond acceptors (Lipinski definition) is 4. The molecule has 2 aromatic heterocycles. The van der Waals surface area contributed by atoms with Crippen molar-refractivity contribution in [2.45, 2.75) is 26.3 Å². The number of hydrazine groups is 1. The molecule has 108 valence electrons. The summed E-state index contributed by atoms with van der Waals surface area (Å²) < 4.78 is 5.51. The number of pyridine rings is 1. The first kappa shape index (κ1) is 13.8. The third-order valence-corrected chi connectivity index (χ3v) is 3.76. The summed E-state index contributed by atoms with van der Waals surface area (Å²) in [6.45, 7) is 4.07. The van der Waals surface area contributed by atoms with Gasteiger partial charge in [-0.2, -0.15) is 0 Å². The van der Waals surface area contributed by atoms with Gasteiger partial charge in [-0.1, -0.05) is 19.1 Å². The second kappa shape index (κ2) is 5.68. The maximum Gasteiger partial charge on any atom is 0.108 e. The standard InChI is InChI=1S/C17H19N3O/c1-3-16-14(8-9-21-16)17(20-18)13-6-7-15-12(10-13)5-4-11(2)19-15/h4-10,17,20H,3,18H2,1-2H3. The van der Waals surface area contributed by atoms with Crippen molar-refractivity contribution in [2.75, 3.05) is 0 Å². The third-order valence-electron chi connectivity index (χ3n) is 3.76. The van der Waals surface area contributed by atoms with E-state index in [1.54, 1.807) is 6.26 Å². The number of rotatable bonds is 4. The van der Waals surface area contributed by atoms with Crippen LogP contribution >= 0.6 is 0 Å². The lowest BCUT2D eigenvalue weighted by atomic mass is 9.97. The quantitative estimate of drug-likeness (QED) is 0.569. The number of aromatic nitrogens is 1. The van der Waals surface area contributed by atoms with Gasteiger partial charge in [0.1, 0.15) is 5.76 Å². The third kappa shape index (κ3) is 2.55. The first-order valence-electron chi connectivity index (χ1n) is 7.12. The van der Waals surface area contributed by atoms with E-state index in [0.29, 0.717) is 0 Å². The molecule has 0 aliphatic carbocycles. The smallest absolute Gasteiger partial charge is 0.108 e. The molecule has 0 radical (unpaired) electrons. The van der Waals surface area contributed by atoms with E-state index in [4.69, 9.17) is 10.3 Å². The van der Waals surface area contributed by atoms with Crippen LogP contribution in [0, 0.1) is 6.92 Å². The first-order valence-corrected chi connectivity index (χ1v) is 7.12. The van der Waals surface area contributed by atoms with E-state index in [0.717, 1.165) is 39.9 Å². The summed E-state index contributed by atoms with van der Waals surface area (Å²) in [5.41, 5.74) is 7.10. The summed E-state index contributed by atoms with van der Waals surface area (Å²) in [6.07, 6.45) is 2.55. The fourth-order valence-electron chi connectivity index (χ4n) is 2.69. The van der Waals surface area contributed by atoms with Gasteiger partial charge in [-0.25, -0.2) is 5.43 Å². The summed E-state index contributed by atoms with van der Waals surface area (Å²) in [4.78, 5) is 4.53. The van der Waals surface area contributed by atoms with Crippen molar-refractivity contribution >= 4 is 10.9 Å². The molecule has 3 aromatic rings. The Hall–Kier alpha value is -2.17. The monoisotopic (exact) mass is 281 g/mol. The predicted octanol–water partition coefficient (Wildman–Crippen LogP) is 3.25. The molecule has 4 nitrogen and oxygen atoms in total. The lowest BCUT2D eigenvalue weighted by molar-refractivity contribution is 0.502. The number of furan rings is 1. The van der Waals surface area contributed by atoms with Gasteiger partial charge in [0.2, 0.25) is 0 Å². The minimum Gasteiger partial charge on any atom is -0.469 e. The summed E-state index contributed by atoms with van der Waals surface area (Å²) >= 11 is 0. The average molecular weight is 281 g/mol. The van der Waals surface area contributed by atoms with Crippen LogP contribution in [0.1, 0.15) is 35.5 Å². The van der Waals surface area contributed by atoms with Crippen molar-refractivity contribution in [1.82, 2.24) is 10.4 Å². The van der Waals surface area contributed by atoms with Crippen molar-refractivity contribution in [1.29, 1.82) is 0 Å². The number of nitrogens with one attached hydrogen (secondary N) is 1. The van der Waals surface area contributed by atoms with Crippen LogP contribution in [-0.4, -0.2) is 4.98 Å². The molecule has 21 heavy (non-hydrogen) atoms. The Morgan fingerprint density at radius 2 is 2.10 bits per heavy atom. The highest BCUT2D eigenvalue weighted by atomic mass is 16.3. The zero-order valence-electron chi connectivity index (χ0n) is 12.3. The van der Waals surface area contributed by atoms with Crippen LogP contribution in [0.4, 0.5) is 0 Å². The molecule has 2 heterocycles. The van der Waals surface area contributed by atoms with Crippen LogP contribution in [0.5, 0.6) is 0 Å². The number of fused-ring (bicyclic) bond motifs is 1. The molecule has 3 N–H and O–H groups in total. The first-order chi connectivity index (χ1) is 10.2. The van der Waals surface area contributed by atoms with Crippen molar-refractivity contribution in [3.05, 3.63) is 65.2 Å². The van der Waals surface area contributed by atoms with E-state index < -0.39 is 0 Å². The number of aryl methyl sites for hydroxylation is 2. The van der Waals surface area contributed by atoms with Gasteiger partial charge in [0, 0.05) is 23.1 Å². The maximum atomic E-state index is 5.78. The van der Waals surface area contributed by atoms with Crippen LogP contribution in [0.2, 0.25) is 0 Å². The van der Waals surface area contributed by atoms with Crippen molar-refractivity contribution in [2.24, 2.45) is 5.84 Å². The Labute approximate surface area is 124 Å².